The zero-order chi connectivity index (χ0) is 17.6. The van der Waals surface area contributed by atoms with Crippen molar-refractivity contribution in [1.29, 1.82) is 0 Å². The maximum absolute atomic E-state index is 12.4. The molecule has 0 unspecified atom stereocenters. The van der Waals surface area contributed by atoms with Crippen molar-refractivity contribution in [3.8, 4) is 0 Å². The van der Waals surface area contributed by atoms with Crippen LogP contribution in [0.5, 0.6) is 0 Å². The molecule has 1 N–H and O–H groups in total. The number of carbonyl (C=O) groups is 1. The second kappa shape index (κ2) is 8.39. The van der Waals surface area contributed by atoms with Gasteiger partial charge in [-0.3, -0.25) is 4.79 Å². The van der Waals surface area contributed by atoms with E-state index in [1.54, 1.807) is 0 Å². The largest absolute Gasteiger partial charge is 0.376 e. The molecule has 1 saturated heterocycles. The van der Waals surface area contributed by atoms with Gasteiger partial charge in [-0.25, -0.2) is 0 Å². The Morgan fingerprint density at radius 3 is 2.56 bits per heavy atom. The number of halogens is 1. The quantitative estimate of drug-likeness (QED) is 0.852. The molecular formula is C21H25ClN2O. The van der Waals surface area contributed by atoms with Crippen LogP contribution in [0.2, 0.25) is 5.02 Å². The number of aryl methyl sites for hydroxylation is 1. The van der Waals surface area contributed by atoms with Gasteiger partial charge in [0.05, 0.1) is 6.54 Å². The molecule has 0 radical (unpaired) electrons. The minimum Gasteiger partial charge on any atom is -0.376 e. The maximum atomic E-state index is 12.4. The predicted octanol–water partition coefficient (Wildman–Crippen LogP) is 4.54. The average Bonchev–Trinajstić information content (AvgIpc) is 2.64. The molecule has 3 nitrogen and oxygen atoms in total. The van der Waals surface area contributed by atoms with Crippen molar-refractivity contribution >= 4 is 23.2 Å². The smallest absolute Gasteiger partial charge is 0.241 e. The highest BCUT2D eigenvalue weighted by molar-refractivity contribution is 6.31. The summed E-state index contributed by atoms with van der Waals surface area (Å²) in [7, 11) is 0. The van der Waals surface area contributed by atoms with Crippen molar-refractivity contribution < 1.29 is 4.79 Å². The number of likely N-dealkylation sites (tertiary alicyclic amines) is 1. The lowest BCUT2D eigenvalue weighted by Gasteiger charge is -2.32. The molecule has 3 rings (SSSR count). The fourth-order valence-electron chi connectivity index (χ4n) is 3.33. The van der Waals surface area contributed by atoms with Crippen LogP contribution in [0.25, 0.3) is 0 Å². The van der Waals surface area contributed by atoms with E-state index in [0.29, 0.717) is 12.5 Å². The highest BCUT2D eigenvalue weighted by Gasteiger charge is 2.22. The van der Waals surface area contributed by atoms with Crippen molar-refractivity contribution in [3.05, 3.63) is 64.7 Å². The SMILES string of the molecule is Cc1ccc(NCC(=O)N2CCC(Cc3ccccc3)CC2)cc1Cl. The molecule has 0 atom stereocenters. The van der Waals surface area contributed by atoms with E-state index in [1.807, 2.05) is 30.0 Å². The molecule has 1 aliphatic rings. The van der Waals surface area contributed by atoms with Crippen molar-refractivity contribution in [2.45, 2.75) is 26.2 Å². The summed E-state index contributed by atoms with van der Waals surface area (Å²) >= 11 is 6.13. The van der Waals surface area contributed by atoms with Gasteiger partial charge in [0.15, 0.2) is 0 Å². The average molecular weight is 357 g/mol. The lowest BCUT2D eigenvalue weighted by molar-refractivity contribution is -0.130. The summed E-state index contributed by atoms with van der Waals surface area (Å²) < 4.78 is 0. The Balaban J connectivity index is 1.44. The maximum Gasteiger partial charge on any atom is 0.241 e. The van der Waals surface area contributed by atoms with Crippen LogP contribution in [0.15, 0.2) is 48.5 Å². The first kappa shape index (κ1) is 17.8. The zero-order valence-electron chi connectivity index (χ0n) is 14.7. The minimum absolute atomic E-state index is 0.162. The van der Waals surface area contributed by atoms with Crippen molar-refractivity contribution in [1.82, 2.24) is 4.90 Å². The molecule has 1 amide bonds. The van der Waals surface area contributed by atoms with E-state index in [4.69, 9.17) is 11.6 Å². The highest BCUT2D eigenvalue weighted by atomic mass is 35.5. The molecule has 4 heteroatoms. The van der Waals surface area contributed by atoms with Gasteiger partial charge in [0.2, 0.25) is 5.91 Å². The van der Waals surface area contributed by atoms with Crippen LogP contribution in [0.1, 0.15) is 24.0 Å². The Labute approximate surface area is 155 Å². The number of hydrogen-bond acceptors (Lipinski definition) is 2. The third-order valence-electron chi connectivity index (χ3n) is 4.95. The molecule has 0 aromatic heterocycles. The summed E-state index contributed by atoms with van der Waals surface area (Å²) in [5, 5.41) is 3.91. The molecule has 2 aromatic rings. The molecule has 25 heavy (non-hydrogen) atoms. The number of carbonyl (C=O) groups excluding carboxylic acids is 1. The second-order valence-electron chi connectivity index (χ2n) is 6.83. The number of hydrogen-bond donors (Lipinski definition) is 1. The van der Waals surface area contributed by atoms with E-state index in [0.717, 1.165) is 48.6 Å². The Morgan fingerprint density at radius 1 is 1.16 bits per heavy atom. The normalized spacial score (nSPS) is 15.2. The van der Waals surface area contributed by atoms with E-state index >= 15 is 0 Å². The summed E-state index contributed by atoms with van der Waals surface area (Å²) in [6, 6.07) is 16.4. The van der Waals surface area contributed by atoms with E-state index in [2.05, 4.69) is 35.6 Å². The summed E-state index contributed by atoms with van der Waals surface area (Å²) in [5.74, 6) is 0.838. The molecule has 2 aromatic carbocycles. The summed E-state index contributed by atoms with van der Waals surface area (Å²) in [6.45, 7) is 4.00. The monoisotopic (exact) mass is 356 g/mol. The van der Waals surface area contributed by atoms with E-state index < -0.39 is 0 Å². The number of benzene rings is 2. The Hall–Kier alpha value is -2.00. The van der Waals surface area contributed by atoms with Crippen molar-refractivity contribution in [3.63, 3.8) is 0 Å². The fraction of sp³-hybridized carbons (Fsp3) is 0.381. The molecule has 0 bridgehead atoms. The van der Waals surface area contributed by atoms with Gasteiger partial charge in [-0.2, -0.15) is 0 Å². The Morgan fingerprint density at radius 2 is 1.88 bits per heavy atom. The first-order valence-electron chi connectivity index (χ1n) is 8.93. The van der Waals surface area contributed by atoms with Crippen LogP contribution in [0, 0.1) is 12.8 Å². The van der Waals surface area contributed by atoms with E-state index in [9.17, 15) is 4.79 Å². The summed E-state index contributed by atoms with van der Waals surface area (Å²) in [4.78, 5) is 14.4. The van der Waals surface area contributed by atoms with E-state index in [-0.39, 0.29) is 5.91 Å². The topological polar surface area (TPSA) is 32.3 Å². The minimum atomic E-state index is 0.162. The number of amides is 1. The third-order valence-corrected chi connectivity index (χ3v) is 5.36. The fourth-order valence-corrected chi connectivity index (χ4v) is 3.51. The Kier molecular flexibility index (Phi) is 5.98. The standard InChI is InChI=1S/C21H25ClN2O/c1-16-7-8-19(14-20(16)22)23-15-21(25)24-11-9-18(10-12-24)13-17-5-3-2-4-6-17/h2-8,14,18,23H,9-13,15H2,1H3. The molecular weight excluding hydrogens is 332 g/mol. The molecule has 0 saturated carbocycles. The predicted molar refractivity (Wildman–Crippen MR) is 104 cm³/mol. The number of nitrogens with one attached hydrogen (secondary N) is 1. The van der Waals surface area contributed by atoms with Crippen molar-refractivity contribution in [2.75, 3.05) is 25.0 Å². The van der Waals surface area contributed by atoms with Gasteiger partial charge < -0.3 is 10.2 Å². The number of piperidine rings is 1. The van der Waals surface area contributed by atoms with Crippen molar-refractivity contribution in [2.24, 2.45) is 5.92 Å². The lowest BCUT2D eigenvalue weighted by Crippen LogP contribution is -2.41. The number of anilines is 1. The van der Waals surface area contributed by atoms with Crippen LogP contribution >= 0.6 is 11.6 Å². The third kappa shape index (κ3) is 4.99. The summed E-state index contributed by atoms with van der Waals surface area (Å²) in [5.41, 5.74) is 3.33. The zero-order valence-corrected chi connectivity index (χ0v) is 15.4. The molecule has 0 spiro atoms. The van der Waals surface area contributed by atoms with Gasteiger partial charge in [-0.05, 0) is 55.4 Å². The van der Waals surface area contributed by atoms with Crippen LogP contribution in [0.4, 0.5) is 5.69 Å². The lowest BCUT2D eigenvalue weighted by atomic mass is 9.90. The van der Waals surface area contributed by atoms with Gasteiger partial charge >= 0.3 is 0 Å². The molecule has 1 heterocycles. The van der Waals surface area contributed by atoms with Crippen LogP contribution in [-0.4, -0.2) is 30.4 Å². The van der Waals surface area contributed by atoms with E-state index in [1.165, 1.54) is 5.56 Å². The summed E-state index contributed by atoms with van der Waals surface area (Å²) in [6.07, 6.45) is 3.27. The second-order valence-corrected chi connectivity index (χ2v) is 7.24. The first-order chi connectivity index (χ1) is 12.1. The highest BCUT2D eigenvalue weighted by Crippen LogP contribution is 2.22. The van der Waals surface area contributed by atoms with Crippen LogP contribution in [-0.2, 0) is 11.2 Å². The number of rotatable bonds is 5. The molecule has 1 fully saturated rings. The molecule has 1 aliphatic heterocycles. The molecule has 0 aliphatic carbocycles. The van der Waals surface area contributed by atoms with Crippen LogP contribution in [0.3, 0.4) is 0 Å². The van der Waals surface area contributed by atoms with Gasteiger partial charge in [0, 0.05) is 23.8 Å². The van der Waals surface area contributed by atoms with Gasteiger partial charge in [-0.15, -0.1) is 0 Å². The van der Waals surface area contributed by atoms with Gasteiger partial charge in [0.25, 0.3) is 0 Å². The van der Waals surface area contributed by atoms with Crippen LogP contribution < -0.4 is 5.32 Å². The first-order valence-corrected chi connectivity index (χ1v) is 9.31. The van der Waals surface area contributed by atoms with Gasteiger partial charge in [-0.1, -0.05) is 48.0 Å². The molecule has 132 valence electrons. The number of nitrogens with zero attached hydrogens (tertiary/aromatic N) is 1. The van der Waals surface area contributed by atoms with Gasteiger partial charge in [0.1, 0.15) is 0 Å². The Bertz CT molecular complexity index is 709.